The molecule has 0 unspecified atom stereocenters. The molecular formula is C72H34N8Na8O28S8. The Labute approximate surface area is 879 Å². The van der Waals surface area contributed by atoms with Crippen LogP contribution in [-0.4, -0.2) is 144 Å². The molecule has 0 saturated heterocycles. The number of fused-ring (bicyclic) bond motifs is 24. The van der Waals surface area contributed by atoms with Gasteiger partial charge in [0.25, 0.3) is 0 Å². The summed E-state index contributed by atoms with van der Waals surface area (Å²) in [5, 5.41) is -1.31. The molecule has 2 aromatic heterocycles. The van der Waals surface area contributed by atoms with Crippen LogP contribution in [0.5, 0.6) is 46.0 Å². The van der Waals surface area contributed by atoms with Gasteiger partial charge in [0, 0.05) is 65.7 Å². The maximum Gasteiger partial charge on any atom is 1.00 e. The van der Waals surface area contributed by atoms with Gasteiger partial charge in [0.2, 0.25) is 0 Å². The molecule has 12 aromatic carbocycles. The topological polar surface area (TPSA) is 603 Å². The van der Waals surface area contributed by atoms with Gasteiger partial charge >= 0.3 is 236 Å². The van der Waals surface area contributed by atoms with E-state index in [-0.39, 0.29) is 416 Å². The summed E-state index contributed by atoms with van der Waals surface area (Å²) in [6.07, 6.45) is 0. The van der Waals surface area contributed by atoms with Crippen molar-refractivity contribution in [3.8, 4) is 114 Å². The number of aromatic amines is 2. The van der Waals surface area contributed by atoms with Crippen LogP contribution in [0.15, 0.2) is 233 Å². The Bertz CT molecular complexity index is 8160. The van der Waals surface area contributed by atoms with E-state index in [0.717, 1.165) is 48.5 Å². The van der Waals surface area contributed by atoms with Crippen molar-refractivity contribution in [2.45, 2.75) is 39.2 Å². The smallest absolute Gasteiger partial charge is 0.744 e. The van der Waals surface area contributed by atoms with E-state index in [1.54, 1.807) is 0 Å². The Morgan fingerprint density at radius 1 is 0.218 bits per heavy atom. The second kappa shape index (κ2) is 38.0. The molecule has 0 atom stereocenters. The number of H-pyrrole nitrogens is 2. The molecule has 124 heavy (non-hydrogen) atoms. The number of aromatic nitrogens is 8. The summed E-state index contributed by atoms with van der Waals surface area (Å²) >= 11 is 0. The first kappa shape index (κ1) is 103. The minimum atomic E-state index is -5.46. The standard InChI is InChI=1S/C72H42N8O28S8.8Na/c81-109(82,83)45-17-33-1-5-37(21-53(33)61(29-45)113(93,94)95)105-41-9-13-49-57(25-41)69-73-65(49)78-70-59-27-43(107-39-7-3-35-19-47(111(87,88)89)31-63(55(35)23-39)115(99,100)101)11-15-51(59)67(75-70)80-72-60-28-44(108-40-8-4-36-20-48(112(90,91)92)32-64(56(36)24-40)116(102,103)104)12-16-52(60)68(76-72)79-71-58-26-42(10-14-50(58)66(74-71)77-69)106-38-6-2-34-18-46(110(84,85)86)30-62(54(34)22-38)114(96,97)98;;;;;;;;/h1-32H,(H,81,82,83)(H,84,85,86)(H,87,88,89)(H,90,91,92)(H,93,94,95)(H,96,97,98)(H,99,100,101)(H,102,103,104)(H2,73,74,75,76,77,78,79,80);;;;;;;;/q;8*+1/p-8. The minimum absolute atomic E-state index is 0. The van der Waals surface area contributed by atoms with Crippen molar-refractivity contribution in [1.29, 1.82) is 0 Å². The Morgan fingerprint density at radius 2 is 0.460 bits per heavy atom. The third-order valence-corrected chi connectivity index (χ3v) is 25.1. The third-order valence-electron chi connectivity index (χ3n) is 18.3. The summed E-state index contributed by atoms with van der Waals surface area (Å²) < 4.78 is 321. The van der Waals surface area contributed by atoms with Crippen molar-refractivity contribution < 1.29 is 359 Å². The average Bonchev–Trinajstić information content (AvgIpc) is 1.59. The van der Waals surface area contributed by atoms with E-state index in [1.165, 1.54) is 121 Å². The molecule has 0 saturated carbocycles. The van der Waals surface area contributed by atoms with Crippen LogP contribution in [0, 0.1) is 0 Å². The first-order valence-electron chi connectivity index (χ1n) is 32.5. The van der Waals surface area contributed by atoms with Crippen LogP contribution in [0.1, 0.15) is 0 Å². The average molecular weight is 1900 g/mol. The molecule has 0 radical (unpaired) electrons. The molecular weight excluding hydrogens is 1870 g/mol. The van der Waals surface area contributed by atoms with E-state index in [0.29, 0.717) is 24.3 Å². The predicted octanol–water partition coefficient (Wildman–Crippen LogP) is -14.2. The number of rotatable bonds is 16. The zero-order valence-corrected chi connectivity index (χ0v) is 87.4. The van der Waals surface area contributed by atoms with Gasteiger partial charge in [0.1, 0.15) is 144 Å². The largest absolute Gasteiger partial charge is 1.00 e. The van der Waals surface area contributed by atoms with Crippen molar-refractivity contribution >= 4 is 146 Å². The van der Waals surface area contributed by atoms with Gasteiger partial charge < -0.3 is 65.3 Å². The van der Waals surface area contributed by atoms with E-state index in [9.17, 15) is 104 Å². The number of hydrogen-bond acceptors (Lipinski definition) is 34. The van der Waals surface area contributed by atoms with Crippen LogP contribution in [0.25, 0.3) is 133 Å². The van der Waals surface area contributed by atoms with Gasteiger partial charge in [0.15, 0.2) is 29.1 Å². The van der Waals surface area contributed by atoms with E-state index in [2.05, 4.69) is 9.97 Å². The second-order valence-electron chi connectivity index (χ2n) is 25.7. The Hall–Kier alpha value is -4.48. The van der Waals surface area contributed by atoms with E-state index < -0.39 is 120 Å². The molecule has 52 heteroatoms. The zero-order chi connectivity index (χ0) is 82.2. The van der Waals surface area contributed by atoms with Crippen molar-refractivity contribution in [3.05, 3.63) is 194 Å². The molecule has 3 aliphatic heterocycles. The number of nitrogens with one attached hydrogen (secondary N) is 2. The first-order chi connectivity index (χ1) is 54.4. The molecule has 36 nitrogen and oxygen atoms in total. The number of ether oxygens (including phenoxy) is 4. The molecule has 5 heterocycles. The Morgan fingerprint density at radius 3 is 0.758 bits per heavy atom. The summed E-state index contributed by atoms with van der Waals surface area (Å²) in [5.41, 5.74) is 1.32. The maximum atomic E-state index is 12.6. The fourth-order valence-corrected chi connectivity index (χ4v) is 18.6. The summed E-state index contributed by atoms with van der Waals surface area (Å²) in [6.45, 7) is 0. The molecule has 17 rings (SSSR count). The van der Waals surface area contributed by atoms with E-state index in [4.69, 9.17) is 48.9 Å². The van der Waals surface area contributed by atoms with Crippen LogP contribution < -0.4 is 255 Å². The van der Waals surface area contributed by atoms with Crippen molar-refractivity contribution in [2.24, 2.45) is 0 Å². The SMILES string of the molecule is O=S(=O)([O-])c1cc(S(=O)(=O)[O-])c2cc(Oc3ccc4c(c3)-c3nc5nc(nc6[nH]c([nH]c7nc(nc-4n3)-c3cc(Oc4ccc8cc(S(=O)(=O)[O-])cc(S(=O)(=O)[O-])c8c4)ccc3-7)c3cc(Oc4ccc7cc(S(=O)(=O)[O-])cc(S(=O)(=O)[O-])c7c4)ccc63)-c3cc(Oc4ccc6cc(S(=O)(=O)[O-])cc(S(=O)(=O)[O-])c6c4)ccc3-5)ccc2c1.[Na+].[Na+].[Na+].[Na+].[Na+].[Na+].[Na+].[Na+]. The summed E-state index contributed by atoms with van der Waals surface area (Å²) in [5.74, 6) is -1.06. The maximum absolute atomic E-state index is 12.6. The van der Waals surface area contributed by atoms with E-state index >= 15 is 0 Å². The van der Waals surface area contributed by atoms with Crippen LogP contribution in [0.4, 0.5) is 0 Å². The fraction of sp³-hybridized carbons (Fsp3) is 0. The van der Waals surface area contributed by atoms with Gasteiger partial charge in [0.05, 0.1) is 39.2 Å². The third kappa shape index (κ3) is 21.0. The van der Waals surface area contributed by atoms with E-state index in [1.807, 2.05) is 0 Å². The molecule has 0 spiro atoms. The minimum Gasteiger partial charge on any atom is -0.744 e. The number of hydrogen-bond donors (Lipinski definition) is 2. The van der Waals surface area contributed by atoms with Crippen molar-refractivity contribution in [2.75, 3.05) is 0 Å². The van der Waals surface area contributed by atoms with Crippen LogP contribution >= 0.6 is 0 Å². The normalized spacial score (nSPS) is 12.2. The van der Waals surface area contributed by atoms with Gasteiger partial charge in [-0.25, -0.2) is 97.2 Å². The number of nitrogens with zero attached hydrogens (tertiary/aromatic N) is 6. The molecule has 0 amide bonds. The Balaban J connectivity index is 0.00000218. The second-order valence-corrected chi connectivity index (χ2v) is 36.6. The summed E-state index contributed by atoms with van der Waals surface area (Å²) in [4.78, 5) is 28.2. The number of benzene rings is 12. The summed E-state index contributed by atoms with van der Waals surface area (Å²) in [6, 6.07) is 37.3. The monoisotopic (exact) mass is 1900 g/mol. The molecule has 8 bridgehead atoms. The van der Waals surface area contributed by atoms with Crippen LogP contribution in [0.3, 0.4) is 0 Å². The van der Waals surface area contributed by atoms with Gasteiger partial charge in [-0.2, -0.15) is 0 Å². The molecule has 2 N–H and O–H groups in total. The quantitative estimate of drug-likeness (QED) is 0.0670. The molecule has 0 fully saturated rings. The zero-order valence-electron chi connectivity index (χ0n) is 64.9. The first-order valence-corrected chi connectivity index (χ1v) is 43.7. The Kier molecular flexibility index (Phi) is 31.6. The van der Waals surface area contributed by atoms with Crippen LogP contribution in [0.2, 0.25) is 0 Å². The molecule has 0 aliphatic carbocycles. The molecule has 586 valence electrons. The fourth-order valence-electron chi connectivity index (χ4n) is 13.3. The van der Waals surface area contributed by atoms with Crippen molar-refractivity contribution in [3.63, 3.8) is 0 Å². The molecule has 3 aliphatic rings. The van der Waals surface area contributed by atoms with Gasteiger partial charge in [-0.3, -0.25) is 0 Å². The summed E-state index contributed by atoms with van der Waals surface area (Å²) in [7, 11) is -42.9. The molecule has 14 aromatic rings. The predicted molar refractivity (Wildman–Crippen MR) is 394 cm³/mol. The van der Waals surface area contributed by atoms with Gasteiger partial charge in [-0.15, -0.1) is 0 Å². The van der Waals surface area contributed by atoms with Gasteiger partial charge in [-0.05, 0) is 191 Å². The van der Waals surface area contributed by atoms with Gasteiger partial charge in [-0.1, -0.05) is 24.3 Å². The van der Waals surface area contributed by atoms with Crippen LogP contribution in [-0.2, 0) is 80.9 Å². The van der Waals surface area contributed by atoms with Crippen molar-refractivity contribution in [1.82, 2.24) is 39.9 Å².